The van der Waals surface area contributed by atoms with Crippen molar-refractivity contribution in [1.29, 1.82) is 0 Å². The third kappa shape index (κ3) is 2.39. The van der Waals surface area contributed by atoms with E-state index in [1.165, 1.54) is 25.7 Å². The lowest BCUT2D eigenvalue weighted by Gasteiger charge is -2.25. The number of benzene rings is 1. The highest BCUT2D eigenvalue weighted by Crippen LogP contribution is 2.40. The van der Waals surface area contributed by atoms with E-state index in [0.29, 0.717) is 11.3 Å². The van der Waals surface area contributed by atoms with Gasteiger partial charge in [0.25, 0.3) is 0 Å². The molecule has 1 aliphatic carbocycles. The van der Waals surface area contributed by atoms with Gasteiger partial charge in [-0.1, -0.05) is 19.8 Å². The minimum Gasteiger partial charge on any atom is -0.497 e. The molecule has 1 aromatic carbocycles. The van der Waals surface area contributed by atoms with E-state index in [-0.39, 0.29) is 0 Å². The number of halogens is 1. The zero-order valence-electron chi connectivity index (χ0n) is 12.2. The molecule has 0 amide bonds. The predicted octanol–water partition coefficient (Wildman–Crippen LogP) is 4.36. The zero-order valence-corrected chi connectivity index (χ0v) is 12.9. The maximum Gasteiger partial charge on any atom is 0.124 e. The summed E-state index contributed by atoms with van der Waals surface area (Å²) in [6.45, 7) is 3.38. The molecule has 0 N–H and O–H groups in total. The molecule has 1 saturated carbocycles. The van der Waals surface area contributed by atoms with E-state index in [4.69, 9.17) is 16.3 Å². The van der Waals surface area contributed by atoms with Crippen molar-refractivity contribution in [3.63, 3.8) is 0 Å². The first-order valence-electron chi connectivity index (χ1n) is 7.24. The second-order valence-electron chi connectivity index (χ2n) is 6.12. The monoisotopic (exact) mass is 292 g/mol. The molecule has 0 spiro atoms. The Kier molecular flexibility index (Phi) is 3.63. The van der Waals surface area contributed by atoms with Crippen molar-refractivity contribution in [3.05, 3.63) is 24.0 Å². The average molecular weight is 293 g/mol. The standard InChI is InChI=1S/C16H21ClN2O/c1-16(7-3-4-8-16)11-19-14-9-12(20-2)5-6-13(14)18-15(19)10-17/h5-6,9H,3-4,7-8,10-11H2,1-2H3. The SMILES string of the molecule is COc1ccc2nc(CCl)n(CC3(C)CCCC3)c2c1. The highest BCUT2D eigenvalue weighted by molar-refractivity contribution is 6.16. The van der Waals surface area contributed by atoms with Crippen LogP contribution in [0, 0.1) is 5.41 Å². The van der Waals surface area contributed by atoms with Gasteiger partial charge in [-0.3, -0.25) is 0 Å². The molecule has 3 nitrogen and oxygen atoms in total. The van der Waals surface area contributed by atoms with Crippen LogP contribution in [0.25, 0.3) is 11.0 Å². The lowest BCUT2D eigenvalue weighted by atomic mass is 9.89. The summed E-state index contributed by atoms with van der Waals surface area (Å²) >= 11 is 6.09. The van der Waals surface area contributed by atoms with E-state index in [1.54, 1.807) is 7.11 Å². The van der Waals surface area contributed by atoms with Crippen LogP contribution in [0.15, 0.2) is 18.2 Å². The van der Waals surface area contributed by atoms with Crippen molar-refractivity contribution in [3.8, 4) is 5.75 Å². The molecule has 0 bridgehead atoms. The van der Waals surface area contributed by atoms with Crippen LogP contribution in [0.5, 0.6) is 5.75 Å². The first-order chi connectivity index (χ1) is 9.65. The van der Waals surface area contributed by atoms with Crippen LogP contribution < -0.4 is 4.74 Å². The highest BCUT2D eigenvalue weighted by atomic mass is 35.5. The van der Waals surface area contributed by atoms with Gasteiger partial charge in [-0.25, -0.2) is 4.98 Å². The van der Waals surface area contributed by atoms with E-state index >= 15 is 0 Å². The predicted molar refractivity (Wildman–Crippen MR) is 82.4 cm³/mol. The summed E-state index contributed by atoms with van der Waals surface area (Å²) in [5, 5.41) is 0. The van der Waals surface area contributed by atoms with Crippen LogP contribution in [0.3, 0.4) is 0 Å². The van der Waals surface area contributed by atoms with E-state index < -0.39 is 0 Å². The molecule has 2 aromatic rings. The Morgan fingerprint density at radius 3 is 2.75 bits per heavy atom. The Morgan fingerprint density at radius 2 is 2.10 bits per heavy atom. The Labute approximate surface area is 124 Å². The second kappa shape index (κ2) is 5.28. The van der Waals surface area contributed by atoms with E-state index in [0.717, 1.165) is 29.2 Å². The Bertz CT molecular complexity index is 614. The number of ether oxygens (including phenoxy) is 1. The molecule has 0 radical (unpaired) electrons. The quantitative estimate of drug-likeness (QED) is 0.783. The number of nitrogens with zero attached hydrogens (tertiary/aromatic N) is 2. The van der Waals surface area contributed by atoms with Gasteiger partial charge in [0.15, 0.2) is 0 Å². The minimum absolute atomic E-state index is 0.373. The van der Waals surface area contributed by atoms with Gasteiger partial charge in [-0.2, -0.15) is 0 Å². The Balaban J connectivity index is 2.06. The Hall–Kier alpha value is -1.22. The van der Waals surface area contributed by atoms with Gasteiger partial charge in [0, 0.05) is 12.6 Å². The number of methoxy groups -OCH3 is 1. The smallest absolute Gasteiger partial charge is 0.124 e. The van der Waals surface area contributed by atoms with Crippen molar-refractivity contribution < 1.29 is 4.74 Å². The maximum atomic E-state index is 6.09. The van der Waals surface area contributed by atoms with Crippen LogP contribution in [-0.4, -0.2) is 16.7 Å². The molecular formula is C16H21ClN2O. The number of rotatable bonds is 4. The molecule has 20 heavy (non-hydrogen) atoms. The zero-order chi connectivity index (χ0) is 14.2. The molecule has 4 heteroatoms. The molecule has 108 valence electrons. The molecule has 1 fully saturated rings. The van der Waals surface area contributed by atoms with Crippen LogP contribution in [0.4, 0.5) is 0 Å². The first kappa shape index (κ1) is 13.7. The summed E-state index contributed by atoms with van der Waals surface area (Å²) in [4.78, 5) is 4.66. The number of aromatic nitrogens is 2. The number of hydrogen-bond donors (Lipinski definition) is 0. The fourth-order valence-corrected chi connectivity index (χ4v) is 3.53. The lowest BCUT2D eigenvalue weighted by Crippen LogP contribution is -2.20. The molecule has 0 atom stereocenters. The maximum absolute atomic E-state index is 6.09. The number of alkyl halides is 1. The molecule has 0 aliphatic heterocycles. The molecule has 1 aliphatic rings. The average Bonchev–Trinajstić information content (AvgIpc) is 3.03. The summed E-state index contributed by atoms with van der Waals surface area (Å²) in [5.41, 5.74) is 2.51. The van der Waals surface area contributed by atoms with E-state index in [1.807, 2.05) is 12.1 Å². The Morgan fingerprint density at radius 1 is 1.35 bits per heavy atom. The van der Waals surface area contributed by atoms with Crippen molar-refractivity contribution in [1.82, 2.24) is 9.55 Å². The fraction of sp³-hybridized carbons (Fsp3) is 0.562. The van der Waals surface area contributed by atoms with Gasteiger partial charge in [-0.15, -0.1) is 11.6 Å². The van der Waals surface area contributed by atoms with Crippen LogP contribution in [0.2, 0.25) is 0 Å². The normalized spacial score (nSPS) is 17.8. The minimum atomic E-state index is 0.373. The lowest BCUT2D eigenvalue weighted by molar-refractivity contribution is 0.282. The van der Waals surface area contributed by atoms with E-state index in [2.05, 4.69) is 22.5 Å². The number of fused-ring (bicyclic) bond motifs is 1. The molecule has 0 unspecified atom stereocenters. The van der Waals surface area contributed by atoms with Gasteiger partial charge >= 0.3 is 0 Å². The highest BCUT2D eigenvalue weighted by Gasteiger charge is 2.30. The second-order valence-corrected chi connectivity index (χ2v) is 6.39. The van der Waals surface area contributed by atoms with Gasteiger partial charge in [0.2, 0.25) is 0 Å². The van der Waals surface area contributed by atoms with Gasteiger partial charge in [0.1, 0.15) is 11.6 Å². The van der Waals surface area contributed by atoms with Gasteiger partial charge in [0.05, 0.1) is 24.0 Å². The van der Waals surface area contributed by atoms with Crippen molar-refractivity contribution >= 4 is 22.6 Å². The third-order valence-electron chi connectivity index (χ3n) is 4.50. The molecular weight excluding hydrogens is 272 g/mol. The summed E-state index contributed by atoms with van der Waals surface area (Å²) in [7, 11) is 1.70. The summed E-state index contributed by atoms with van der Waals surface area (Å²) in [5.74, 6) is 2.28. The third-order valence-corrected chi connectivity index (χ3v) is 4.74. The topological polar surface area (TPSA) is 27.1 Å². The molecule has 0 saturated heterocycles. The van der Waals surface area contributed by atoms with Gasteiger partial charge < -0.3 is 9.30 Å². The molecule has 1 heterocycles. The number of imidazole rings is 1. The van der Waals surface area contributed by atoms with Crippen molar-refractivity contribution in [2.24, 2.45) is 5.41 Å². The van der Waals surface area contributed by atoms with Crippen LogP contribution in [0.1, 0.15) is 38.4 Å². The molecule has 3 rings (SSSR count). The van der Waals surface area contributed by atoms with Crippen LogP contribution in [-0.2, 0) is 12.4 Å². The first-order valence-corrected chi connectivity index (χ1v) is 7.78. The van der Waals surface area contributed by atoms with E-state index in [9.17, 15) is 0 Å². The van der Waals surface area contributed by atoms with Crippen molar-refractivity contribution in [2.45, 2.75) is 45.0 Å². The summed E-state index contributed by atoms with van der Waals surface area (Å²) in [6, 6.07) is 6.03. The summed E-state index contributed by atoms with van der Waals surface area (Å²) in [6.07, 6.45) is 5.25. The molecule has 1 aromatic heterocycles. The van der Waals surface area contributed by atoms with Crippen molar-refractivity contribution in [2.75, 3.05) is 7.11 Å². The largest absolute Gasteiger partial charge is 0.497 e. The summed E-state index contributed by atoms with van der Waals surface area (Å²) < 4.78 is 7.63. The fourth-order valence-electron chi connectivity index (χ4n) is 3.33. The van der Waals surface area contributed by atoms with Gasteiger partial charge in [-0.05, 0) is 30.4 Å². The number of hydrogen-bond acceptors (Lipinski definition) is 2. The van der Waals surface area contributed by atoms with Crippen LogP contribution >= 0.6 is 11.6 Å².